The maximum atomic E-state index is 13.1. The Hall–Kier alpha value is -0.740. The summed E-state index contributed by atoms with van der Waals surface area (Å²) in [4.78, 5) is 0. The van der Waals surface area contributed by atoms with Gasteiger partial charge in [0.1, 0.15) is 5.82 Å². The van der Waals surface area contributed by atoms with Crippen LogP contribution in [0.15, 0.2) is 18.2 Å². The van der Waals surface area contributed by atoms with Crippen LogP contribution >= 0.6 is 0 Å². The molecule has 72 valence electrons. The summed E-state index contributed by atoms with van der Waals surface area (Å²) in [6.07, 6.45) is 1.55. The minimum atomic E-state index is -1.02. The third kappa shape index (κ3) is 2.90. The lowest BCUT2D eigenvalue weighted by molar-refractivity contribution is 0.614. The highest BCUT2D eigenvalue weighted by Crippen LogP contribution is 2.11. The molecular formula is C9H12FNOS. The summed E-state index contributed by atoms with van der Waals surface area (Å²) >= 11 is 0. The second kappa shape index (κ2) is 4.48. The lowest BCUT2D eigenvalue weighted by Crippen LogP contribution is -2.01. The summed E-state index contributed by atoms with van der Waals surface area (Å²) in [5.74, 6) is -0.0629. The van der Waals surface area contributed by atoms with Crippen molar-refractivity contribution < 1.29 is 8.60 Å². The van der Waals surface area contributed by atoms with Crippen molar-refractivity contribution in [3.63, 3.8) is 0 Å². The standard InChI is InChI=1S/C9H12FNOS/c1-13(12)6-8-4-7(5-11)2-3-9(8)10/h2-4H,5-6,11H2,1H3. The molecule has 2 N–H and O–H groups in total. The molecule has 0 aliphatic rings. The van der Waals surface area contributed by atoms with Gasteiger partial charge in [0.2, 0.25) is 0 Å². The van der Waals surface area contributed by atoms with Gasteiger partial charge < -0.3 is 5.73 Å². The largest absolute Gasteiger partial charge is 0.326 e. The van der Waals surface area contributed by atoms with Gasteiger partial charge in [0.15, 0.2) is 0 Å². The van der Waals surface area contributed by atoms with Gasteiger partial charge in [0, 0.05) is 29.2 Å². The van der Waals surface area contributed by atoms with Gasteiger partial charge in [0.05, 0.1) is 5.75 Å². The number of hydrogen-bond acceptors (Lipinski definition) is 2. The van der Waals surface area contributed by atoms with Crippen LogP contribution in [0.3, 0.4) is 0 Å². The van der Waals surface area contributed by atoms with Crippen LogP contribution in [0.1, 0.15) is 11.1 Å². The molecule has 0 amide bonds. The molecule has 0 saturated heterocycles. The van der Waals surface area contributed by atoms with Crippen molar-refractivity contribution in [2.24, 2.45) is 5.73 Å². The molecule has 0 fully saturated rings. The Morgan fingerprint density at radius 1 is 1.54 bits per heavy atom. The number of hydrogen-bond donors (Lipinski definition) is 1. The van der Waals surface area contributed by atoms with Gasteiger partial charge in [-0.3, -0.25) is 4.21 Å². The molecule has 0 radical (unpaired) electrons. The van der Waals surface area contributed by atoms with Crippen LogP contribution in [-0.2, 0) is 23.1 Å². The zero-order chi connectivity index (χ0) is 9.84. The molecule has 0 bridgehead atoms. The fourth-order valence-corrected chi connectivity index (χ4v) is 1.74. The number of nitrogens with two attached hydrogens (primary N) is 1. The maximum Gasteiger partial charge on any atom is 0.127 e. The molecule has 1 atom stereocenters. The lowest BCUT2D eigenvalue weighted by atomic mass is 10.1. The van der Waals surface area contributed by atoms with Crippen molar-refractivity contribution in [3.05, 3.63) is 35.1 Å². The summed E-state index contributed by atoms with van der Waals surface area (Å²) in [5.41, 5.74) is 6.74. The first-order valence-corrected chi connectivity index (χ1v) is 5.63. The van der Waals surface area contributed by atoms with E-state index < -0.39 is 10.8 Å². The van der Waals surface area contributed by atoms with E-state index in [4.69, 9.17) is 5.73 Å². The summed E-state index contributed by atoms with van der Waals surface area (Å²) in [5, 5.41) is 0. The van der Waals surface area contributed by atoms with E-state index in [0.717, 1.165) is 5.56 Å². The average molecular weight is 201 g/mol. The predicted molar refractivity (Wildman–Crippen MR) is 52.1 cm³/mol. The van der Waals surface area contributed by atoms with Crippen LogP contribution < -0.4 is 5.73 Å². The highest BCUT2D eigenvalue weighted by Gasteiger charge is 2.04. The van der Waals surface area contributed by atoms with Gasteiger partial charge in [-0.15, -0.1) is 0 Å². The molecule has 1 aromatic carbocycles. The van der Waals surface area contributed by atoms with Crippen LogP contribution in [0.25, 0.3) is 0 Å². The van der Waals surface area contributed by atoms with Crippen LogP contribution in [0, 0.1) is 5.82 Å². The van der Waals surface area contributed by atoms with E-state index in [9.17, 15) is 8.60 Å². The van der Waals surface area contributed by atoms with Crippen LogP contribution in [-0.4, -0.2) is 10.5 Å². The average Bonchev–Trinajstić information content (AvgIpc) is 2.08. The Labute approximate surface area is 79.4 Å². The second-order valence-electron chi connectivity index (χ2n) is 2.85. The minimum Gasteiger partial charge on any atom is -0.326 e. The third-order valence-corrected chi connectivity index (χ3v) is 2.42. The minimum absolute atomic E-state index is 0.250. The highest BCUT2D eigenvalue weighted by atomic mass is 32.2. The topological polar surface area (TPSA) is 43.1 Å². The maximum absolute atomic E-state index is 13.1. The summed E-state index contributed by atoms with van der Waals surface area (Å²) in [6.45, 7) is 0.379. The van der Waals surface area contributed by atoms with E-state index in [-0.39, 0.29) is 11.6 Å². The summed E-state index contributed by atoms with van der Waals surface area (Å²) in [6, 6.07) is 4.67. The smallest absolute Gasteiger partial charge is 0.127 e. The van der Waals surface area contributed by atoms with Crippen molar-refractivity contribution in [1.82, 2.24) is 0 Å². The van der Waals surface area contributed by atoms with Gasteiger partial charge in [-0.25, -0.2) is 4.39 Å². The van der Waals surface area contributed by atoms with Gasteiger partial charge in [-0.2, -0.15) is 0 Å². The third-order valence-electron chi connectivity index (χ3n) is 1.70. The van der Waals surface area contributed by atoms with Crippen molar-refractivity contribution in [3.8, 4) is 0 Å². The molecule has 0 heterocycles. The van der Waals surface area contributed by atoms with E-state index in [1.165, 1.54) is 6.07 Å². The SMILES string of the molecule is CS(=O)Cc1cc(CN)ccc1F. The Morgan fingerprint density at radius 2 is 2.23 bits per heavy atom. The molecule has 4 heteroatoms. The van der Waals surface area contributed by atoms with E-state index >= 15 is 0 Å². The Bertz CT molecular complexity index is 327. The summed E-state index contributed by atoms with van der Waals surface area (Å²) in [7, 11) is -1.02. The van der Waals surface area contributed by atoms with Gasteiger partial charge in [-0.05, 0) is 11.6 Å². The molecule has 0 spiro atoms. The molecule has 1 rings (SSSR count). The molecular weight excluding hydrogens is 189 g/mol. The van der Waals surface area contributed by atoms with E-state index in [1.54, 1.807) is 18.4 Å². The normalized spacial score (nSPS) is 12.8. The molecule has 0 aliphatic heterocycles. The predicted octanol–water partition coefficient (Wildman–Crippen LogP) is 1.16. The fraction of sp³-hybridized carbons (Fsp3) is 0.333. The Morgan fingerprint density at radius 3 is 2.77 bits per heavy atom. The van der Waals surface area contributed by atoms with Gasteiger partial charge in [-0.1, -0.05) is 12.1 Å². The summed E-state index contributed by atoms with van der Waals surface area (Å²) < 4.78 is 24.0. The van der Waals surface area contributed by atoms with E-state index in [0.29, 0.717) is 12.1 Å². The highest BCUT2D eigenvalue weighted by molar-refractivity contribution is 7.83. The number of benzene rings is 1. The van der Waals surface area contributed by atoms with Crippen molar-refractivity contribution in [1.29, 1.82) is 0 Å². The molecule has 13 heavy (non-hydrogen) atoms. The second-order valence-corrected chi connectivity index (χ2v) is 4.28. The van der Waals surface area contributed by atoms with E-state index in [1.807, 2.05) is 0 Å². The Balaban J connectivity index is 2.96. The Kier molecular flexibility index (Phi) is 3.57. The first-order chi connectivity index (χ1) is 6.13. The fourth-order valence-electron chi connectivity index (χ4n) is 1.08. The van der Waals surface area contributed by atoms with Crippen LogP contribution in [0.4, 0.5) is 4.39 Å². The number of rotatable bonds is 3. The lowest BCUT2D eigenvalue weighted by Gasteiger charge is -2.03. The first kappa shape index (κ1) is 10.3. The van der Waals surface area contributed by atoms with Crippen molar-refractivity contribution in [2.75, 3.05) is 6.26 Å². The molecule has 0 aliphatic carbocycles. The quantitative estimate of drug-likeness (QED) is 0.797. The monoisotopic (exact) mass is 201 g/mol. The molecule has 2 nitrogen and oxygen atoms in total. The molecule has 0 aromatic heterocycles. The van der Waals surface area contributed by atoms with Gasteiger partial charge in [0.25, 0.3) is 0 Å². The van der Waals surface area contributed by atoms with Crippen molar-refractivity contribution in [2.45, 2.75) is 12.3 Å². The van der Waals surface area contributed by atoms with Gasteiger partial charge >= 0.3 is 0 Å². The molecule has 0 saturated carbocycles. The van der Waals surface area contributed by atoms with Crippen LogP contribution in [0.5, 0.6) is 0 Å². The zero-order valence-electron chi connectivity index (χ0n) is 7.42. The molecule has 1 aromatic rings. The van der Waals surface area contributed by atoms with Crippen molar-refractivity contribution >= 4 is 10.8 Å². The first-order valence-electron chi connectivity index (χ1n) is 3.91. The zero-order valence-corrected chi connectivity index (χ0v) is 8.23. The number of halogens is 1. The molecule has 1 unspecified atom stereocenters. The van der Waals surface area contributed by atoms with E-state index in [2.05, 4.69) is 0 Å². The van der Waals surface area contributed by atoms with Crippen LogP contribution in [0.2, 0.25) is 0 Å².